The second-order valence-corrected chi connectivity index (χ2v) is 6.97. The Morgan fingerprint density at radius 1 is 0.741 bits per heavy atom. The summed E-state index contributed by atoms with van der Waals surface area (Å²) >= 11 is 0. The fourth-order valence-corrected chi connectivity index (χ4v) is 3.51. The quantitative estimate of drug-likeness (QED) is 0.452. The Bertz CT molecular complexity index is 1050. The van der Waals surface area contributed by atoms with Gasteiger partial charge in [-0.1, -0.05) is 54.6 Å². The van der Waals surface area contributed by atoms with E-state index in [1.54, 1.807) is 0 Å². The van der Waals surface area contributed by atoms with Crippen LogP contribution in [0.2, 0.25) is 0 Å². The molecule has 4 rings (SSSR count). The van der Waals surface area contributed by atoms with Crippen LogP contribution in [-0.2, 0) is 6.54 Å². The number of rotatable bonds is 4. The average Bonchev–Trinajstić information content (AvgIpc) is 2.70. The molecule has 132 valence electrons. The second kappa shape index (κ2) is 7.55. The predicted molar refractivity (Wildman–Crippen MR) is 110 cm³/mol. The summed E-state index contributed by atoms with van der Waals surface area (Å²) in [6.07, 6.45) is 8.15. The molecule has 2 aromatic carbocycles. The summed E-state index contributed by atoms with van der Waals surface area (Å²) in [7, 11) is 0. The van der Waals surface area contributed by atoms with Crippen molar-refractivity contribution in [1.82, 2.24) is 4.98 Å². The molecular weight excluding hydrogens is 328 g/mol. The van der Waals surface area contributed by atoms with Crippen LogP contribution in [0.4, 0.5) is 0 Å². The molecule has 2 nitrogen and oxygen atoms in total. The van der Waals surface area contributed by atoms with Gasteiger partial charge in [0.2, 0.25) is 0 Å². The summed E-state index contributed by atoms with van der Waals surface area (Å²) in [6.45, 7) is 5.17. The number of hydrogen-bond acceptors (Lipinski definition) is 1. The van der Waals surface area contributed by atoms with Gasteiger partial charge in [-0.2, -0.15) is 0 Å². The highest BCUT2D eigenvalue weighted by atomic mass is 14.9. The molecule has 0 bridgehead atoms. The van der Waals surface area contributed by atoms with E-state index >= 15 is 0 Å². The number of nitrogens with zero attached hydrogens (tertiary/aromatic N) is 2. The lowest BCUT2D eigenvalue weighted by atomic mass is 9.97. The number of aromatic nitrogens is 2. The van der Waals surface area contributed by atoms with Gasteiger partial charge in [-0.15, -0.1) is 0 Å². The largest absolute Gasteiger partial charge is 0.264 e. The maximum Gasteiger partial charge on any atom is 0.173 e. The molecule has 0 N–H and O–H groups in total. The first-order chi connectivity index (χ1) is 13.2. The zero-order valence-corrected chi connectivity index (χ0v) is 15.8. The van der Waals surface area contributed by atoms with Gasteiger partial charge in [0.15, 0.2) is 18.9 Å². The standard InChI is InChI=1S/C25H23N2/c1-19-16-26-14-12-24(19)22-8-10-23(11-9-22)25-13-15-27(17-20(25)2)18-21-6-4-3-5-7-21/h3-17H,18H2,1-2H3/q+1. The molecule has 27 heavy (non-hydrogen) atoms. The van der Waals surface area contributed by atoms with Crippen molar-refractivity contribution in [2.24, 2.45) is 0 Å². The van der Waals surface area contributed by atoms with Crippen LogP contribution in [0.5, 0.6) is 0 Å². The molecule has 0 spiro atoms. The van der Waals surface area contributed by atoms with Crippen LogP contribution < -0.4 is 4.57 Å². The molecule has 0 aliphatic carbocycles. The number of benzene rings is 2. The summed E-state index contributed by atoms with van der Waals surface area (Å²) in [5.41, 5.74) is 8.77. The minimum absolute atomic E-state index is 0.891. The smallest absolute Gasteiger partial charge is 0.173 e. The van der Waals surface area contributed by atoms with E-state index in [-0.39, 0.29) is 0 Å². The lowest BCUT2D eigenvalue weighted by molar-refractivity contribution is -0.688. The molecule has 0 aliphatic rings. The van der Waals surface area contributed by atoms with E-state index in [0.29, 0.717) is 0 Å². The number of hydrogen-bond donors (Lipinski definition) is 0. The highest BCUT2D eigenvalue weighted by Gasteiger charge is 2.09. The van der Waals surface area contributed by atoms with Crippen molar-refractivity contribution in [2.45, 2.75) is 20.4 Å². The Morgan fingerprint density at radius 2 is 1.41 bits per heavy atom. The molecule has 0 saturated carbocycles. The van der Waals surface area contributed by atoms with E-state index in [0.717, 1.165) is 6.54 Å². The molecule has 0 unspecified atom stereocenters. The van der Waals surface area contributed by atoms with Crippen molar-refractivity contribution in [1.29, 1.82) is 0 Å². The van der Waals surface area contributed by atoms with E-state index in [2.05, 4.69) is 103 Å². The highest BCUT2D eigenvalue weighted by molar-refractivity contribution is 5.72. The van der Waals surface area contributed by atoms with Crippen LogP contribution in [0, 0.1) is 13.8 Å². The molecule has 0 atom stereocenters. The van der Waals surface area contributed by atoms with Crippen molar-refractivity contribution in [2.75, 3.05) is 0 Å². The maximum atomic E-state index is 4.18. The Kier molecular flexibility index (Phi) is 4.80. The van der Waals surface area contributed by atoms with Gasteiger partial charge in [0, 0.05) is 29.6 Å². The van der Waals surface area contributed by atoms with E-state index in [1.807, 2.05) is 12.4 Å². The fraction of sp³-hybridized carbons (Fsp3) is 0.120. The number of pyridine rings is 2. The van der Waals surface area contributed by atoms with E-state index < -0.39 is 0 Å². The van der Waals surface area contributed by atoms with Gasteiger partial charge in [-0.05, 0) is 47.7 Å². The predicted octanol–water partition coefficient (Wildman–Crippen LogP) is 5.37. The monoisotopic (exact) mass is 351 g/mol. The van der Waals surface area contributed by atoms with Gasteiger partial charge in [0.05, 0.1) is 0 Å². The Balaban J connectivity index is 1.59. The second-order valence-electron chi connectivity index (χ2n) is 6.97. The molecule has 2 heterocycles. The van der Waals surface area contributed by atoms with Gasteiger partial charge in [-0.25, -0.2) is 4.57 Å². The van der Waals surface area contributed by atoms with Crippen molar-refractivity contribution < 1.29 is 4.57 Å². The molecule has 0 aliphatic heterocycles. The minimum atomic E-state index is 0.891. The highest BCUT2D eigenvalue weighted by Crippen LogP contribution is 2.27. The summed E-state index contributed by atoms with van der Waals surface area (Å²) in [5, 5.41) is 0. The first-order valence-electron chi connectivity index (χ1n) is 9.26. The molecular formula is C25H23N2+. The van der Waals surface area contributed by atoms with Crippen LogP contribution >= 0.6 is 0 Å². The Morgan fingerprint density at radius 3 is 2.04 bits per heavy atom. The van der Waals surface area contributed by atoms with Crippen LogP contribution in [-0.4, -0.2) is 4.98 Å². The maximum absolute atomic E-state index is 4.18. The summed E-state index contributed by atoms with van der Waals surface area (Å²) in [4.78, 5) is 4.18. The molecule has 0 saturated heterocycles. The van der Waals surface area contributed by atoms with Crippen LogP contribution in [0.15, 0.2) is 91.5 Å². The van der Waals surface area contributed by atoms with Gasteiger partial charge in [0.25, 0.3) is 0 Å². The molecule has 0 fully saturated rings. The third-order valence-corrected chi connectivity index (χ3v) is 4.95. The van der Waals surface area contributed by atoms with Crippen LogP contribution in [0.3, 0.4) is 0 Å². The van der Waals surface area contributed by atoms with Gasteiger partial charge in [-0.3, -0.25) is 4.98 Å². The lowest BCUT2D eigenvalue weighted by Crippen LogP contribution is -2.33. The van der Waals surface area contributed by atoms with Gasteiger partial charge >= 0.3 is 0 Å². The fourth-order valence-electron chi connectivity index (χ4n) is 3.51. The Labute approximate surface area is 160 Å². The first kappa shape index (κ1) is 17.2. The third-order valence-electron chi connectivity index (χ3n) is 4.95. The molecule has 2 heteroatoms. The summed E-state index contributed by atoms with van der Waals surface area (Å²) in [5.74, 6) is 0. The average molecular weight is 351 g/mol. The van der Waals surface area contributed by atoms with Crippen molar-refractivity contribution in [3.05, 3.63) is 108 Å². The third kappa shape index (κ3) is 3.80. The van der Waals surface area contributed by atoms with Crippen LogP contribution in [0.1, 0.15) is 16.7 Å². The van der Waals surface area contributed by atoms with E-state index in [9.17, 15) is 0 Å². The van der Waals surface area contributed by atoms with Gasteiger partial charge < -0.3 is 0 Å². The molecule has 4 aromatic rings. The summed E-state index contributed by atoms with van der Waals surface area (Å²) < 4.78 is 2.24. The SMILES string of the molecule is Cc1cnccc1-c1ccc(-c2cc[n+](Cc3ccccc3)cc2C)cc1. The first-order valence-corrected chi connectivity index (χ1v) is 9.26. The molecule has 0 amide bonds. The van der Waals surface area contributed by atoms with E-state index in [1.165, 1.54) is 38.9 Å². The van der Waals surface area contributed by atoms with Crippen molar-refractivity contribution in [3.63, 3.8) is 0 Å². The normalized spacial score (nSPS) is 10.7. The zero-order valence-electron chi connectivity index (χ0n) is 15.8. The Hall–Kier alpha value is -3.26. The molecule has 2 aromatic heterocycles. The summed E-state index contributed by atoms with van der Waals surface area (Å²) in [6, 6.07) is 23.6. The van der Waals surface area contributed by atoms with E-state index in [4.69, 9.17) is 0 Å². The van der Waals surface area contributed by atoms with Gasteiger partial charge in [0.1, 0.15) is 0 Å². The van der Waals surface area contributed by atoms with Crippen LogP contribution in [0.25, 0.3) is 22.3 Å². The number of aryl methyl sites for hydroxylation is 2. The topological polar surface area (TPSA) is 16.8 Å². The van der Waals surface area contributed by atoms with Crippen molar-refractivity contribution >= 4 is 0 Å². The molecule has 0 radical (unpaired) electrons. The van der Waals surface area contributed by atoms with Crippen molar-refractivity contribution in [3.8, 4) is 22.3 Å². The minimum Gasteiger partial charge on any atom is -0.264 e. The zero-order chi connectivity index (χ0) is 18.6. The lowest BCUT2D eigenvalue weighted by Gasteiger charge is -2.09.